The van der Waals surface area contributed by atoms with Crippen molar-refractivity contribution in [2.45, 2.75) is 39.2 Å². The van der Waals surface area contributed by atoms with Gasteiger partial charge >= 0.3 is 12.1 Å². The summed E-state index contributed by atoms with van der Waals surface area (Å²) in [6.45, 7) is 5.94. The summed E-state index contributed by atoms with van der Waals surface area (Å²) < 4.78 is 33.6. The molecule has 0 aliphatic carbocycles. The summed E-state index contributed by atoms with van der Waals surface area (Å²) in [6.07, 6.45) is -1.50. The van der Waals surface area contributed by atoms with E-state index in [1.165, 1.54) is 10.8 Å². The van der Waals surface area contributed by atoms with Gasteiger partial charge in [0.25, 0.3) is 11.4 Å². The standard InChI is InChI=1S/C22H20BrF2N5O3/c1-22(2,3)14-7-12(23)8-15-16(14)20(31)30(21(32)29(15)4)10-13-6-5-11(9-26-13)18-27-28-19(33-18)17(24)25/h5-9,17H,10H2,1-4H3. The third kappa shape index (κ3) is 4.24. The normalized spacial score (nSPS) is 12.1. The molecule has 1 aromatic carbocycles. The molecule has 0 unspecified atom stereocenters. The van der Waals surface area contributed by atoms with E-state index in [0.717, 1.165) is 14.6 Å². The monoisotopic (exact) mass is 519 g/mol. The van der Waals surface area contributed by atoms with Crippen molar-refractivity contribution in [1.29, 1.82) is 0 Å². The molecule has 0 aliphatic heterocycles. The molecule has 3 heterocycles. The number of hydrogen-bond donors (Lipinski definition) is 0. The van der Waals surface area contributed by atoms with Crippen molar-refractivity contribution < 1.29 is 13.2 Å². The number of nitrogens with zero attached hydrogens (tertiary/aromatic N) is 5. The lowest BCUT2D eigenvalue weighted by Gasteiger charge is -2.23. The van der Waals surface area contributed by atoms with Gasteiger partial charge in [-0.25, -0.2) is 4.79 Å². The average Bonchev–Trinajstić information content (AvgIpc) is 3.25. The molecule has 0 N–H and O–H groups in total. The molecule has 3 aromatic heterocycles. The summed E-state index contributed by atoms with van der Waals surface area (Å²) in [5.74, 6) is -0.870. The number of pyridine rings is 1. The summed E-state index contributed by atoms with van der Waals surface area (Å²) in [7, 11) is 1.62. The largest absolute Gasteiger partial charge is 0.415 e. The molecule has 0 aliphatic rings. The third-order valence-corrected chi connectivity index (χ3v) is 5.71. The number of hydrogen-bond acceptors (Lipinski definition) is 6. The van der Waals surface area contributed by atoms with Gasteiger partial charge in [-0.3, -0.25) is 18.9 Å². The van der Waals surface area contributed by atoms with Crippen LogP contribution < -0.4 is 11.2 Å². The maximum absolute atomic E-state index is 13.4. The number of halogens is 3. The van der Waals surface area contributed by atoms with Crippen LogP contribution in [-0.2, 0) is 19.0 Å². The van der Waals surface area contributed by atoms with Crippen molar-refractivity contribution in [3.05, 3.63) is 72.9 Å². The van der Waals surface area contributed by atoms with E-state index in [4.69, 9.17) is 4.42 Å². The van der Waals surface area contributed by atoms with E-state index in [-0.39, 0.29) is 17.9 Å². The van der Waals surface area contributed by atoms with E-state index in [0.29, 0.717) is 22.2 Å². The van der Waals surface area contributed by atoms with E-state index in [2.05, 4.69) is 31.1 Å². The Morgan fingerprint density at radius 3 is 2.45 bits per heavy atom. The van der Waals surface area contributed by atoms with Crippen LogP contribution in [0, 0.1) is 0 Å². The summed E-state index contributed by atoms with van der Waals surface area (Å²) in [5.41, 5.74) is 0.907. The first kappa shape index (κ1) is 23.0. The second-order valence-electron chi connectivity index (χ2n) is 8.61. The van der Waals surface area contributed by atoms with Crippen molar-refractivity contribution in [3.8, 4) is 11.5 Å². The molecule has 0 spiro atoms. The van der Waals surface area contributed by atoms with Crippen LogP contribution in [-0.4, -0.2) is 24.3 Å². The van der Waals surface area contributed by atoms with Crippen LogP contribution in [0.4, 0.5) is 8.78 Å². The number of aryl methyl sites for hydroxylation is 1. The van der Waals surface area contributed by atoms with Gasteiger partial charge in [-0.1, -0.05) is 36.7 Å². The molecule has 0 saturated carbocycles. The highest BCUT2D eigenvalue weighted by Crippen LogP contribution is 2.31. The maximum Gasteiger partial charge on any atom is 0.331 e. The molecule has 0 atom stereocenters. The Morgan fingerprint density at radius 1 is 1.15 bits per heavy atom. The minimum absolute atomic E-state index is 0.0620. The number of aromatic nitrogens is 5. The molecule has 0 bridgehead atoms. The molecule has 4 rings (SSSR count). The molecule has 0 amide bonds. The first-order valence-electron chi connectivity index (χ1n) is 9.98. The van der Waals surface area contributed by atoms with Gasteiger partial charge < -0.3 is 4.42 Å². The van der Waals surface area contributed by atoms with Crippen LogP contribution in [0.3, 0.4) is 0 Å². The number of rotatable bonds is 4. The van der Waals surface area contributed by atoms with Crippen LogP contribution in [0.25, 0.3) is 22.4 Å². The van der Waals surface area contributed by atoms with E-state index in [1.807, 2.05) is 26.8 Å². The first-order valence-corrected chi connectivity index (χ1v) is 10.8. The van der Waals surface area contributed by atoms with Crippen molar-refractivity contribution in [2.75, 3.05) is 0 Å². The summed E-state index contributed by atoms with van der Waals surface area (Å²) >= 11 is 3.47. The maximum atomic E-state index is 13.4. The van der Waals surface area contributed by atoms with Crippen LogP contribution in [0.2, 0.25) is 0 Å². The molecule has 0 fully saturated rings. The minimum Gasteiger partial charge on any atom is -0.415 e. The van der Waals surface area contributed by atoms with Crippen LogP contribution in [0.15, 0.2) is 48.9 Å². The lowest BCUT2D eigenvalue weighted by molar-refractivity contribution is 0.116. The Kier molecular flexibility index (Phi) is 5.77. The summed E-state index contributed by atoms with van der Waals surface area (Å²) in [4.78, 5) is 30.7. The van der Waals surface area contributed by atoms with Gasteiger partial charge in [-0.2, -0.15) is 8.78 Å². The van der Waals surface area contributed by atoms with Crippen molar-refractivity contribution in [1.82, 2.24) is 24.3 Å². The fourth-order valence-electron chi connectivity index (χ4n) is 3.56. The topological polar surface area (TPSA) is 95.8 Å². The van der Waals surface area contributed by atoms with Gasteiger partial charge in [0, 0.05) is 17.7 Å². The zero-order valence-corrected chi connectivity index (χ0v) is 19.9. The van der Waals surface area contributed by atoms with Crippen molar-refractivity contribution in [3.63, 3.8) is 0 Å². The van der Waals surface area contributed by atoms with Crippen molar-refractivity contribution >= 4 is 26.8 Å². The van der Waals surface area contributed by atoms with Gasteiger partial charge in [0.15, 0.2) is 0 Å². The van der Waals surface area contributed by atoms with Crippen LogP contribution >= 0.6 is 15.9 Å². The molecule has 0 saturated heterocycles. The number of fused-ring (bicyclic) bond motifs is 1. The Bertz CT molecular complexity index is 1470. The predicted molar refractivity (Wildman–Crippen MR) is 121 cm³/mol. The fourth-order valence-corrected chi connectivity index (χ4v) is 4.01. The molecular weight excluding hydrogens is 500 g/mol. The minimum atomic E-state index is -2.87. The second kappa shape index (κ2) is 8.29. The molecular formula is C22H20BrF2N5O3. The van der Waals surface area contributed by atoms with E-state index >= 15 is 0 Å². The molecule has 172 valence electrons. The third-order valence-electron chi connectivity index (χ3n) is 5.25. The van der Waals surface area contributed by atoms with E-state index in [1.54, 1.807) is 25.2 Å². The quantitative estimate of drug-likeness (QED) is 0.401. The van der Waals surface area contributed by atoms with Crippen molar-refractivity contribution in [2.24, 2.45) is 7.05 Å². The van der Waals surface area contributed by atoms with Gasteiger partial charge in [0.05, 0.1) is 28.7 Å². The van der Waals surface area contributed by atoms with Gasteiger partial charge in [0.2, 0.25) is 5.89 Å². The Hall–Kier alpha value is -3.21. The molecule has 11 heteroatoms. The zero-order valence-electron chi connectivity index (χ0n) is 18.3. The molecule has 8 nitrogen and oxygen atoms in total. The fraction of sp³-hybridized carbons (Fsp3) is 0.318. The van der Waals surface area contributed by atoms with Crippen LogP contribution in [0.5, 0.6) is 0 Å². The summed E-state index contributed by atoms with van der Waals surface area (Å²) in [5, 5.41) is 7.34. The molecule has 33 heavy (non-hydrogen) atoms. The Balaban J connectivity index is 1.78. The smallest absolute Gasteiger partial charge is 0.331 e. The first-order chi connectivity index (χ1) is 15.5. The highest BCUT2D eigenvalue weighted by atomic mass is 79.9. The average molecular weight is 520 g/mol. The SMILES string of the molecule is Cn1c(=O)n(Cc2ccc(-c3nnc(C(F)F)o3)cn2)c(=O)c2c(C(C)(C)C)cc(Br)cc21. The highest BCUT2D eigenvalue weighted by Gasteiger charge is 2.23. The van der Waals surface area contributed by atoms with E-state index < -0.39 is 23.6 Å². The van der Waals surface area contributed by atoms with Gasteiger partial charge in [0.1, 0.15) is 0 Å². The second-order valence-corrected chi connectivity index (χ2v) is 9.53. The van der Waals surface area contributed by atoms with Gasteiger partial charge in [-0.15, -0.1) is 10.2 Å². The highest BCUT2D eigenvalue weighted by molar-refractivity contribution is 9.10. The number of alkyl halides is 2. The van der Waals surface area contributed by atoms with Crippen LogP contribution in [0.1, 0.15) is 44.3 Å². The van der Waals surface area contributed by atoms with Gasteiger partial charge in [-0.05, 0) is 35.2 Å². The number of benzene rings is 1. The molecule has 4 aromatic rings. The Morgan fingerprint density at radius 2 is 1.88 bits per heavy atom. The molecule has 0 radical (unpaired) electrons. The Labute approximate surface area is 195 Å². The predicted octanol–water partition coefficient (Wildman–Crippen LogP) is 4.19. The summed E-state index contributed by atoms with van der Waals surface area (Å²) in [6, 6.07) is 6.77. The lowest BCUT2D eigenvalue weighted by atomic mass is 9.85. The zero-order chi connectivity index (χ0) is 24.1. The van der Waals surface area contributed by atoms with E-state index in [9.17, 15) is 18.4 Å². The lowest BCUT2D eigenvalue weighted by Crippen LogP contribution is -2.40.